The molecule has 0 amide bonds. The molecule has 1 N–H and O–H groups in total. The highest BCUT2D eigenvalue weighted by Gasteiger charge is 2.24. The van der Waals surface area contributed by atoms with Crippen LogP contribution in [-0.4, -0.2) is 51.5 Å². The van der Waals surface area contributed by atoms with Crippen molar-refractivity contribution in [3.63, 3.8) is 0 Å². The number of carboxylic acid groups (broad SMARTS) is 1. The van der Waals surface area contributed by atoms with Crippen molar-refractivity contribution in [1.29, 1.82) is 0 Å². The second kappa shape index (κ2) is 8.57. The second-order valence-corrected chi connectivity index (χ2v) is 9.02. The number of hydrogen-bond donors (Lipinski definition) is 1. The molecule has 0 radical (unpaired) electrons. The van der Waals surface area contributed by atoms with Crippen molar-refractivity contribution in [3.05, 3.63) is 53.6 Å². The molecule has 2 aromatic rings. The summed E-state index contributed by atoms with van der Waals surface area (Å²) in [6.45, 7) is 3.16. The van der Waals surface area contributed by atoms with Gasteiger partial charge in [0.25, 0.3) is 0 Å². The van der Waals surface area contributed by atoms with E-state index in [0.717, 1.165) is 43.1 Å². The third-order valence-corrected chi connectivity index (χ3v) is 6.95. The second-order valence-electron chi connectivity index (χ2n) is 6.94. The SMILES string of the molecule is Cl.O=C(O)C1=Cc2cc(-c3ccc(N4CCOCC4)cc3)ccc2S(=O)(=O)CC1. The largest absolute Gasteiger partial charge is 0.478 e. The fraction of sp³-hybridized carbons (Fsp3) is 0.286. The molecule has 8 heteroatoms. The number of carbonyl (C=O) groups is 1. The van der Waals surface area contributed by atoms with Crippen LogP contribution in [0, 0.1) is 0 Å². The molecule has 0 spiro atoms. The van der Waals surface area contributed by atoms with Crippen LogP contribution in [0.5, 0.6) is 0 Å². The molecular formula is C21H22ClNO5S. The van der Waals surface area contributed by atoms with E-state index in [1.807, 2.05) is 24.3 Å². The fourth-order valence-corrected chi connectivity index (χ4v) is 5.05. The minimum atomic E-state index is -3.50. The van der Waals surface area contributed by atoms with Crippen molar-refractivity contribution in [2.75, 3.05) is 37.0 Å². The number of sulfone groups is 1. The first-order valence-electron chi connectivity index (χ1n) is 9.18. The Morgan fingerprint density at radius 3 is 2.31 bits per heavy atom. The Balaban J connectivity index is 0.00000240. The molecule has 2 heterocycles. The van der Waals surface area contributed by atoms with Gasteiger partial charge in [0.1, 0.15) is 0 Å². The molecule has 4 rings (SSSR count). The zero-order valence-electron chi connectivity index (χ0n) is 15.7. The van der Waals surface area contributed by atoms with Crippen molar-refractivity contribution in [2.45, 2.75) is 11.3 Å². The summed E-state index contributed by atoms with van der Waals surface area (Å²) in [5, 5.41) is 9.32. The molecule has 0 aromatic heterocycles. The molecule has 2 aliphatic rings. The molecule has 2 aliphatic heterocycles. The lowest BCUT2D eigenvalue weighted by atomic mass is 10.0. The van der Waals surface area contributed by atoms with Crippen LogP contribution in [0.15, 0.2) is 52.9 Å². The van der Waals surface area contributed by atoms with E-state index in [9.17, 15) is 18.3 Å². The number of benzene rings is 2. The van der Waals surface area contributed by atoms with Gasteiger partial charge in [-0.3, -0.25) is 0 Å². The number of anilines is 1. The molecule has 0 atom stereocenters. The fourth-order valence-electron chi connectivity index (χ4n) is 3.59. The summed E-state index contributed by atoms with van der Waals surface area (Å²) < 4.78 is 30.4. The van der Waals surface area contributed by atoms with E-state index in [-0.39, 0.29) is 35.0 Å². The molecule has 1 fully saturated rings. The van der Waals surface area contributed by atoms with Crippen LogP contribution < -0.4 is 4.90 Å². The molecule has 154 valence electrons. The summed E-state index contributed by atoms with van der Waals surface area (Å²) in [5.74, 6) is -1.27. The molecule has 1 saturated heterocycles. The molecule has 2 aromatic carbocycles. The van der Waals surface area contributed by atoms with Crippen LogP contribution in [-0.2, 0) is 19.4 Å². The normalized spacial score (nSPS) is 18.1. The summed E-state index contributed by atoms with van der Waals surface area (Å²) in [7, 11) is -3.50. The lowest BCUT2D eigenvalue weighted by molar-refractivity contribution is -0.132. The van der Waals surface area contributed by atoms with Gasteiger partial charge in [0, 0.05) is 24.4 Å². The summed E-state index contributed by atoms with van der Waals surface area (Å²) in [6, 6.07) is 13.2. The van der Waals surface area contributed by atoms with Crippen molar-refractivity contribution in [2.24, 2.45) is 0 Å². The van der Waals surface area contributed by atoms with Gasteiger partial charge in [0.15, 0.2) is 9.84 Å². The first kappa shape index (κ1) is 21.4. The highest BCUT2D eigenvalue weighted by atomic mass is 35.5. The van der Waals surface area contributed by atoms with E-state index in [0.29, 0.717) is 5.56 Å². The third kappa shape index (κ3) is 4.47. The Morgan fingerprint density at radius 2 is 1.66 bits per heavy atom. The Bertz CT molecular complexity index is 1040. The number of rotatable bonds is 3. The first-order valence-corrected chi connectivity index (χ1v) is 10.8. The first-order chi connectivity index (χ1) is 13.4. The van der Waals surface area contributed by atoms with Gasteiger partial charge in [-0.1, -0.05) is 18.2 Å². The number of nitrogens with zero attached hydrogens (tertiary/aromatic N) is 1. The Morgan fingerprint density at radius 1 is 1.00 bits per heavy atom. The van der Waals surface area contributed by atoms with E-state index in [1.54, 1.807) is 18.2 Å². The topological polar surface area (TPSA) is 83.9 Å². The molecule has 0 unspecified atom stereocenters. The predicted octanol–water partition coefficient (Wildman–Crippen LogP) is 3.26. The number of carboxylic acids is 1. The average molecular weight is 436 g/mol. The average Bonchev–Trinajstić information content (AvgIpc) is 2.84. The van der Waals surface area contributed by atoms with Gasteiger partial charge >= 0.3 is 5.97 Å². The number of morpholine rings is 1. The maximum Gasteiger partial charge on any atom is 0.331 e. The number of fused-ring (bicyclic) bond motifs is 1. The quantitative estimate of drug-likeness (QED) is 0.796. The highest BCUT2D eigenvalue weighted by molar-refractivity contribution is 7.91. The molecular weight excluding hydrogens is 414 g/mol. The van der Waals surface area contributed by atoms with Crippen LogP contribution >= 0.6 is 12.4 Å². The minimum Gasteiger partial charge on any atom is -0.478 e. The lowest BCUT2D eigenvalue weighted by Crippen LogP contribution is -2.36. The maximum absolute atomic E-state index is 12.5. The molecule has 0 aliphatic carbocycles. The van der Waals surface area contributed by atoms with E-state index < -0.39 is 15.8 Å². The van der Waals surface area contributed by atoms with Crippen LogP contribution in [0.25, 0.3) is 17.2 Å². The number of halogens is 1. The van der Waals surface area contributed by atoms with E-state index >= 15 is 0 Å². The molecule has 0 saturated carbocycles. The third-order valence-electron chi connectivity index (χ3n) is 5.17. The van der Waals surface area contributed by atoms with Gasteiger partial charge in [0.2, 0.25) is 0 Å². The van der Waals surface area contributed by atoms with Gasteiger partial charge in [0.05, 0.1) is 23.9 Å². The molecule has 6 nitrogen and oxygen atoms in total. The summed E-state index contributed by atoms with van der Waals surface area (Å²) >= 11 is 0. The number of aliphatic carboxylic acids is 1. The smallest absolute Gasteiger partial charge is 0.331 e. The van der Waals surface area contributed by atoms with Crippen LogP contribution in [0.1, 0.15) is 12.0 Å². The van der Waals surface area contributed by atoms with Crippen LogP contribution in [0.3, 0.4) is 0 Å². The molecule has 0 bridgehead atoms. The monoisotopic (exact) mass is 435 g/mol. The zero-order chi connectivity index (χ0) is 19.7. The Kier molecular flexibility index (Phi) is 6.31. The maximum atomic E-state index is 12.5. The summed E-state index contributed by atoms with van der Waals surface area (Å²) in [5.41, 5.74) is 3.47. The Hall–Kier alpha value is -2.35. The molecule has 29 heavy (non-hydrogen) atoms. The van der Waals surface area contributed by atoms with Gasteiger partial charge in [-0.05, 0) is 53.5 Å². The highest BCUT2D eigenvalue weighted by Crippen LogP contribution is 2.31. The van der Waals surface area contributed by atoms with E-state index in [4.69, 9.17) is 4.74 Å². The van der Waals surface area contributed by atoms with E-state index in [1.165, 1.54) is 6.08 Å². The van der Waals surface area contributed by atoms with Gasteiger partial charge in [-0.25, -0.2) is 13.2 Å². The van der Waals surface area contributed by atoms with Crippen molar-refractivity contribution in [1.82, 2.24) is 0 Å². The Labute approximate surface area is 176 Å². The number of hydrogen-bond acceptors (Lipinski definition) is 5. The summed E-state index contributed by atoms with van der Waals surface area (Å²) in [4.78, 5) is 13.8. The van der Waals surface area contributed by atoms with Crippen molar-refractivity contribution >= 4 is 40.0 Å². The summed E-state index contributed by atoms with van der Waals surface area (Å²) in [6.07, 6.45) is 1.49. The van der Waals surface area contributed by atoms with Crippen molar-refractivity contribution in [3.8, 4) is 11.1 Å². The van der Waals surface area contributed by atoms with Gasteiger partial charge in [-0.15, -0.1) is 12.4 Å². The predicted molar refractivity (Wildman–Crippen MR) is 114 cm³/mol. The lowest BCUT2D eigenvalue weighted by Gasteiger charge is -2.28. The van der Waals surface area contributed by atoms with Crippen LogP contribution in [0.4, 0.5) is 5.69 Å². The zero-order valence-corrected chi connectivity index (χ0v) is 17.3. The standard InChI is InChI=1S/C21H21NO5S.ClH/c23-21(24)17-7-12-28(25,26)20-6-3-16(13-18(20)14-17)15-1-4-19(5-2-15)22-8-10-27-11-9-22;/h1-6,13-14H,7-12H2,(H,23,24);1H. The van der Waals surface area contributed by atoms with Gasteiger partial charge in [-0.2, -0.15) is 0 Å². The number of ether oxygens (including phenoxy) is 1. The van der Waals surface area contributed by atoms with E-state index in [2.05, 4.69) is 4.90 Å². The minimum absolute atomic E-state index is 0. The van der Waals surface area contributed by atoms with Gasteiger partial charge < -0.3 is 14.7 Å². The van der Waals surface area contributed by atoms with Crippen molar-refractivity contribution < 1.29 is 23.1 Å². The van der Waals surface area contributed by atoms with Crippen LogP contribution in [0.2, 0.25) is 0 Å².